The van der Waals surface area contributed by atoms with Gasteiger partial charge in [-0.15, -0.1) is 0 Å². The molecule has 0 fully saturated rings. The molecule has 0 aliphatic carbocycles. The highest BCUT2D eigenvalue weighted by Gasteiger charge is 2.24. The molecule has 3 atom stereocenters. The summed E-state index contributed by atoms with van der Waals surface area (Å²) in [7, 11) is 0. The molecule has 3 N–H and O–H groups in total. The van der Waals surface area contributed by atoms with Crippen LogP contribution in [0.5, 0.6) is 0 Å². The lowest BCUT2D eigenvalue weighted by molar-refractivity contribution is -0.151. The Morgan fingerprint density at radius 2 is 0.926 bits per heavy atom. The highest BCUT2D eigenvalue weighted by atomic mass is 16.5. The van der Waals surface area contributed by atoms with Gasteiger partial charge in [0.2, 0.25) is 5.91 Å². The maximum atomic E-state index is 13.1. The number of amides is 1. The second-order valence-corrected chi connectivity index (χ2v) is 16.2. The second kappa shape index (κ2) is 42.5. The third-order valence-corrected chi connectivity index (χ3v) is 10.8. The fourth-order valence-corrected chi connectivity index (χ4v) is 7.12. The normalized spacial score (nSPS) is 13.5. The summed E-state index contributed by atoms with van der Waals surface area (Å²) in [4.78, 5) is 25.9. The zero-order valence-corrected chi connectivity index (χ0v) is 36.1. The molecule has 3 unspecified atom stereocenters. The van der Waals surface area contributed by atoms with Crippen molar-refractivity contribution in [1.29, 1.82) is 0 Å². The van der Waals surface area contributed by atoms with Gasteiger partial charge >= 0.3 is 5.97 Å². The second-order valence-electron chi connectivity index (χ2n) is 16.2. The Morgan fingerprint density at radius 3 is 1.41 bits per heavy atom. The van der Waals surface area contributed by atoms with Gasteiger partial charge in [0.25, 0.3) is 0 Å². The Hall–Kier alpha value is -1.66. The van der Waals surface area contributed by atoms with Crippen LogP contribution in [0.25, 0.3) is 0 Å². The summed E-state index contributed by atoms with van der Waals surface area (Å²) >= 11 is 0. The summed E-state index contributed by atoms with van der Waals surface area (Å²) in [5.74, 6) is -0.509. The number of aliphatic hydroxyl groups excluding tert-OH is 2. The van der Waals surface area contributed by atoms with E-state index in [4.69, 9.17) is 4.74 Å². The first-order valence-corrected chi connectivity index (χ1v) is 23.6. The molecule has 1 amide bonds. The first-order valence-electron chi connectivity index (χ1n) is 23.6. The molecule has 54 heavy (non-hydrogen) atoms. The number of ether oxygens (including phenoxy) is 1. The van der Waals surface area contributed by atoms with Gasteiger partial charge in [-0.3, -0.25) is 9.59 Å². The topological polar surface area (TPSA) is 95.9 Å². The van der Waals surface area contributed by atoms with Gasteiger partial charge in [-0.25, -0.2) is 0 Å². The lowest BCUT2D eigenvalue weighted by Crippen LogP contribution is -2.46. The van der Waals surface area contributed by atoms with E-state index in [1.165, 1.54) is 135 Å². The van der Waals surface area contributed by atoms with Crippen LogP contribution in [0.4, 0.5) is 0 Å². The van der Waals surface area contributed by atoms with Crippen molar-refractivity contribution in [2.75, 3.05) is 6.61 Å². The predicted molar refractivity (Wildman–Crippen MR) is 232 cm³/mol. The van der Waals surface area contributed by atoms with E-state index in [0.29, 0.717) is 19.3 Å². The summed E-state index contributed by atoms with van der Waals surface area (Å²) in [6.07, 6.45) is 46.7. The van der Waals surface area contributed by atoms with E-state index < -0.39 is 18.2 Å². The van der Waals surface area contributed by atoms with Gasteiger partial charge < -0.3 is 20.3 Å². The Kier molecular flexibility index (Phi) is 41.2. The number of aliphatic hydroxyl groups is 2. The van der Waals surface area contributed by atoms with Crippen molar-refractivity contribution in [2.24, 2.45) is 0 Å². The zero-order valence-electron chi connectivity index (χ0n) is 36.1. The van der Waals surface area contributed by atoms with Gasteiger partial charge in [-0.05, 0) is 64.2 Å². The number of hydrogen-bond acceptors (Lipinski definition) is 5. The van der Waals surface area contributed by atoms with E-state index in [9.17, 15) is 19.8 Å². The summed E-state index contributed by atoms with van der Waals surface area (Å²) < 4.78 is 5.88. The summed E-state index contributed by atoms with van der Waals surface area (Å²) in [5, 5.41) is 23.6. The van der Waals surface area contributed by atoms with Crippen molar-refractivity contribution in [2.45, 2.75) is 264 Å². The lowest BCUT2D eigenvalue weighted by atomic mass is 10.0. The number of carbonyl (C=O) groups is 2. The minimum Gasteiger partial charge on any atom is -0.462 e. The van der Waals surface area contributed by atoms with Crippen LogP contribution < -0.4 is 5.32 Å². The minimum atomic E-state index is -0.790. The summed E-state index contributed by atoms with van der Waals surface area (Å²) in [5.41, 5.74) is 0. The number of esters is 1. The molecular weight excluding hydrogens is 671 g/mol. The molecule has 0 radical (unpaired) electrons. The summed E-state index contributed by atoms with van der Waals surface area (Å²) in [6.45, 7) is 6.42. The molecule has 0 bridgehead atoms. The van der Waals surface area contributed by atoms with Crippen molar-refractivity contribution in [3.63, 3.8) is 0 Å². The van der Waals surface area contributed by atoms with Gasteiger partial charge in [0, 0.05) is 6.42 Å². The largest absolute Gasteiger partial charge is 0.462 e. The maximum absolute atomic E-state index is 13.1. The number of rotatable bonds is 42. The number of carbonyl (C=O) groups excluding carboxylic acids is 2. The number of unbranched alkanes of at least 4 members (excludes halogenated alkanes) is 26. The van der Waals surface area contributed by atoms with Crippen LogP contribution in [-0.4, -0.2) is 46.9 Å². The molecule has 0 aromatic carbocycles. The maximum Gasteiger partial charge on any atom is 0.306 e. The molecule has 0 aliphatic heterocycles. The average Bonchev–Trinajstić information content (AvgIpc) is 3.16. The third-order valence-electron chi connectivity index (χ3n) is 10.8. The SMILES string of the molecule is CCCC/C=C\CCCCCCCC(=O)OC(CCC/C=C\CCCCCCCC)CC(=O)NC(CO)C(O)CCCCCCCCCCCCCCC. The molecule has 0 aromatic heterocycles. The molecule has 0 aliphatic rings. The van der Waals surface area contributed by atoms with Gasteiger partial charge in [-0.2, -0.15) is 0 Å². The summed E-state index contributed by atoms with van der Waals surface area (Å²) in [6, 6.07) is -0.706. The fraction of sp³-hybridized carbons (Fsp3) is 0.875. The molecule has 0 saturated heterocycles. The van der Waals surface area contributed by atoms with E-state index in [-0.39, 0.29) is 24.9 Å². The predicted octanol–water partition coefficient (Wildman–Crippen LogP) is 13.6. The van der Waals surface area contributed by atoms with Gasteiger partial charge in [0.15, 0.2) is 0 Å². The van der Waals surface area contributed by atoms with Gasteiger partial charge in [0.05, 0.1) is 25.2 Å². The first kappa shape index (κ1) is 52.3. The third kappa shape index (κ3) is 37.3. The van der Waals surface area contributed by atoms with E-state index >= 15 is 0 Å². The molecule has 6 heteroatoms. The molecule has 0 saturated carbocycles. The molecule has 0 aromatic rings. The fourth-order valence-electron chi connectivity index (χ4n) is 7.12. The minimum absolute atomic E-state index is 0.0565. The first-order chi connectivity index (χ1) is 26.5. The molecule has 0 spiro atoms. The molecule has 6 nitrogen and oxygen atoms in total. The van der Waals surface area contributed by atoms with Crippen LogP contribution in [0.15, 0.2) is 24.3 Å². The quantitative estimate of drug-likeness (QED) is 0.0327. The van der Waals surface area contributed by atoms with E-state index in [0.717, 1.165) is 64.2 Å². The van der Waals surface area contributed by atoms with Crippen molar-refractivity contribution >= 4 is 11.9 Å². The highest BCUT2D eigenvalue weighted by molar-refractivity contribution is 5.77. The standard InChI is InChI=1S/C48H91NO5/c1-4-7-10-13-16-19-22-23-26-28-31-34-37-40-46(51)45(43-50)49-47(52)42-44(39-36-33-30-27-24-20-17-14-11-8-5-2)54-48(53)41-38-35-32-29-25-21-18-15-12-9-6-3/h15,18,27,30,44-46,50-51H,4-14,16-17,19-26,28-29,31-43H2,1-3H3,(H,49,52)/b18-15-,30-27-. The van der Waals surface area contributed by atoms with Crippen molar-refractivity contribution in [3.8, 4) is 0 Å². The van der Waals surface area contributed by atoms with E-state index in [1.807, 2.05) is 0 Å². The Bertz CT molecular complexity index is 858. The van der Waals surface area contributed by atoms with Crippen molar-refractivity contribution in [3.05, 3.63) is 24.3 Å². The molecular formula is C48H91NO5. The highest BCUT2D eigenvalue weighted by Crippen LogP contribution is 2.17. The van der Waals surface area contributed by atoms with Crippen LogP contribution in [0.2, 0.25) is 0 Å². The molecule has 0 rings (SSSR count). The van der Waals surface area contributed by atoms with Gasteiger partial charge in [0.1, 0.15) is 6.10 Å². The van der Waals surface area contributed by atoms with Gasteiger partial charge in [-0.1, -0.05) is 193 Å². The van der Waals surface area contributed by atoms with Crippen LogP contribution in [-0.2, 0) is 14.3 Å². The Labute approximate surface area is 335 Å². The van der Waals surface area contributed by atoms with E-state index in [1.54, 1.807) is 0 Å². The van der Waals surface area contributed by atoms with E-state index in [2.05, 4.69) is 50.4 Å². The van der Waals surface area contributed by atoms with Crippen LogP contribution in [0, 0.1) is 0 Å². The van der Waals surface area contributed by atoms with Crippen molar-refractivity contribution < 1.29 is 24.5 Å². The van der Waals surface area contributed by atoms with Crippen LogP contribution in [0.3, 0.4) is 0 Å². The van der Waals surface area contributed by atoms with Crippen LogP contribution >= 0.6 is 0 Å². The lowest BCUT2D eigenvalue weighted by Gasteiger charge is -2.24. The monoisotopic (exact) mass is 762 g/mol. The molecule has 318 valence electrons. The number of allylic oxidation sites excluding steroid dienone is 4. The van der Waals surface area contributed by atoms with Crippen molar-refractivity contribution in [1.82, 2.24) is 5.32 Å². The molecule has 0 heterocycles. The average molecular weight is 762 g/mol. The smallest absolute Gasteiger partial charge is 0.306 e. The van der Waals surface area contributed by atoms with Crippen LogP contribution in [0.1, 0.15) is 245 Å². The Morgan fingerprint density at radius 1 is 0.519 bits per heavy atom. The Balaban J connectivity index is 4.58. The number of nitrogens with one attached hydrogen (secondary N) is 1. The zero-order chi connectivity index (χ0) is 39.6. The number of hydrogen-bond donors (Lipinski definition) is 3.